The summed E-state index contributed by atoms with van der Waals surface area (Å²) in [5.41, 5.74) is 0.0779. The quantitative estimate of drug-likeness (QED) is 0.631. The third kappa shape index (κ3) is 1.45. The van der Waals surface area contributed by atoms with E-state index in [4.69, 9.17) is 9.57 Å². The molecule has 0 radical (unpaired) electrons. The van der Waals surface area contributed by atoms with E-state index >= 15 is 0 Å². The normalized spacial score (nSPS) is 48.4. The maximum Gasteiger partial charge on any atom is 0.0863 e. The lowest BCUT2D eigenvalue weighted by Gasteiger charge is -2.36. The second-order valence-corrected chi connectivity index (χ2v) is 6.52. The Morgan fingerprint density at radius 2 is 1.81 bits per heavy atom. The van der Waals surface area contributed by atoms with Crippen LogP contribution in [0.5, 0.6) is 0 Å². The molecule has 0 spiro atoms. The minimum Gasteiger partial charge on any atom is -0.373 e. The molecular formula is C13H23NO2. The van der Waals surface area contributed by atoms with Gasteiger partial charge in [0.2, 0.25) is 0 Å². The topological polar surface area (TPSA) is 21.7 Å². The average Bonchev–Trinajstić information content (AvgIpc) is 2.70. The number of nitrogens with zero attached hydrogens (tertiary/aromatic N) is 1. The Morgan fingerprint density at radius 3 is 2.50 bits per heavy atom. The highest BCUT2D eigenvalue weighted by atomic mass is 16.7. The first kappa shape index (κ1) is 11.0. The van der Waals surface area contributed by atoms with Crippen molar-refractivity contribution in [1.82, 2.24) is 5.06 Å². The van der Waals surface area contributed by atoms with E-state index in [1.165, 1.54) is 19.3 Å². The molecule has 2 saturated heterocycles. The van der Waals surface area contributed by atoms with Crippen LogP contribution in [-0.4, -0.2) is 35.0 Å². The Bertz CT molecular complexity index is 286. The molecule has 92 valence electrons. The first-order valence-corrected chi connectivity index (χ1v) is 6.60. The van der Waals surface area contributed by atoms with E-state index in [1.54, 1.807) is 0 Å². The second kappa shape index (κ2) is 3.44. The molecule has 0 aromatic carbocycles. The predicted octanol–water partition coefficient (Wildman–Crippen LogP) is 2.36. The van der Waals surface area contributed by atoms with Crippen molar-refractivity contribution in [3.8, 4) is 0 Å². The van der Waals surface area contributed by atoms with Gasteiger partial charge in [0.15, 0.2) is 0 Å². The molecule has 16 heavy (non-hydrogen) atoms. The largest absolute Gasteiger partial charge is 0.373 e. The van der Waals surface area contributed by atoms with Crippen molar-refractivity contribution in [1.29, 1.82) is 0 Å². The van der Waals surface area contributed by atoms with Crippen molar-refractivity contribution in [2.45, 2.75) is 76.9 Å². The Morgan fingerprint density at radius 1 is 1.12 bits per heavy atom. The zero-order valence-corrected chi connectivity index (χ0v) is 10.8. The van der Waals surface area contributed by atoms with Gasteiger partial charge in [-0.25, -0.2) is 0 Å². The molecule has 1 aliphatic carbocycles. The maximum absolute atomic E-state index is 6.19. The highest BCUT2D eigenvalue weighted by molar-refractivity contribution is 5.04. The lowest BCUT2D eigenvalue weighted by molar-refractivity contribution is -0.233. The van der Waals surface area contributed by atoms with Crippen LogP contribution in [0.25, 0.3) is 0 Å². The highest BCUT2D eigenvalue weighted by Crippen LogP contribution is 2.48. The molecule has 0 unspecified atom stereocenters. The summed E-state index contributed by atoms with van der Waals surface area (Å²) in [6.45, 7) is 8.88. The Hall–Kier alpha value is -0.120. The first-order valence-electron chi connectivity index (χ1n) is 6.60. The lowest BCUT2D eigenvalue weighted by atomic mass is 9.80. The number of hydrogen-bond acceptors (Lipinski definition) is 3. The first-order chi connectivity index (χ1) is 7.48. The number of hydroxylamine groups is 2. The van der Waals surface area contributed by atoms with Crippen LogP contribution >= 0.6 is 0 Å². The van der Waals surface area contributed by atoms with Crippen LogP contribution in [0, 0.1) is 5.92 Å². The molecule has 3 rings (SSSR count). The smallest absolute Gasteiger partial charge is 0.0863 e. The monoisotopic (exact) mass is 225 g/mol. The molecule has 3 aliphatic rings. The molecule has 0 amide bonds. The van der Waals surface area contributed by atoms with Crippen molar-refractivity contribution in [2.75, 3.05) is 0 Å². The van der Waals surface area contributed by atoms with Crippen molar-refractivity contribution in [3.63, 3.8) is 0 Å². The maximum atomic E-state index is 6.19. The van der Waals surface area contributed by atoms with Crippen molar-refractivity contribution in [3.05, 3.63) is 0 Å². The van der Waals surface area contributed by atoms with Crippen LogP contribution in [0.1, 0.15) is 47.0 Å². The molecule has 3 nitrogen and oxygen atoms in total. The molecule has 0 aromatic rings. The fourth-order valence-corrected chi connectivity index (χ4v) is 3.70. The Balaban J connectivity index is 1.91. The molecule has 1 saturated carbocycles. The lowest BCUT2D eigenvalue weighted by Crippen LogP contribution is -2.47. The summed E-state index contributed by atoms with van der Waals surface area (Å²) in [4.78, 5) is 6.19. The van der Waals surface area contributed by atoms with Gasteiger partial charge in [0, 0.05) is 11.5 Å². The van der Waals surface area contributed by atoms with Crippen LogP contribution in [0.3, 0.4) is 0 Å². The fraction of sp³-hybridized carbons (Fsp3) is 1.00. The van der Waals surface area contributed by atoms with Gasteiger partial charge in [-0.15, -0.1) is 0 Å². The van der Waals surface area contributed by atoms with E-state index in [2.05, 4.69) is 32.8 Å². The van der Waals surface area contributed by atoms with Crippen molar-refractivity contribution < 1.29 is 9.57 Å². The van der Waals surface area contributed by atoms with Gasteiger partial charge in [-0.2, -0.15) is 5.06 Å². The molecule has 3 heteroatoms. The van der Waals surface area contributed by atoms with Crippen LogP contribution in [0.2, 0.25) is 0 Å². The third-order valence-electron chi connectivity index (χ3n) is 4.28. The summed E-state index contributed by atoms with van der Waals surface area (Å²) in [6, 6.07) is 0.468. The van der Waals surface area contributed by atoms with Crippen LogP contribution in [0.15, 0.2) is 0 Å². The minimum atomic E-state index is 0.0779. The molecule has 0 bridgehead atoms. The van der Waals surface area contributed by atoms with E-state index in [9.17, 15) is 0 Å². The van der Waals surface area contributed by atoms with Gasteiger partial charge in [0.1, 0.15) is 0 Å². The molecule has 0 N–H and O–H groups in total. The van der Waals surface area contributed by atoms with E-state index in [-0.39, 0.29) is 5.54 Å². The van der Waals surface area contributed by atoms with Gasteiger partial charge < -0.3 is 4.74 Å². The highest BCUT2D eigenvalue weighted by Gasteiger charge is 2.58. The van der Waals surface area contributed by atoms with E-state index in [0.29, 0.717) is 30.3 Å². The standard InChI is InChI=1S/C13H23NO2/c1-8-12-11-9(15-8)6-5-7-10(11)16-14(12)13(2,3)4/h8-12H,5-7H2,1-4H3/t8-,9-,10+,11-,12-/m0/s1. The zero-order valence-electron chi connectivity index (χ0n) is 10.8. The SMILES string of the molecule is C[C@@H]1O[C@H]2CCC[C@H]3ON(C(C)(C)C)[C@@H]1[C@@H]23. The number of hydrogen-bond donors (Lipinski definition) is 0. The van der Waals surface area contributed by atoms with Gasteiger partial charge in [0.05, 0.1) is 24.4 Å². The summed E-state index contributed by atoms with van der Waals surface area (Å²) < 4.78 is 6.10. The molecule has 2 aliphatic heterocycles. The number of ether oxygens (including phenoxy) is 1. The third-order valence-corrected chi connectivity index (χ3v) is 4.28. The fourth-order valence-electron chi connectivity index (χ4n) is 3.70. The van der Waals surface area contributed by atoms with Gasteiger partial charge in [-0.05, 0) is 47.0 Å². The number of rotatable bonds is 0. The van der Waals surface area contributed by atoms with Crippen LogP contribution in [0.4, 0.5) is 0 Å². The van der Waals surface area contributed by atoms with Gasteiger partial charge in [0.25, 0.3) is 0 Å². The van der Waals surface area contributed by atoms with Gasteiger partial charge in [-0.3, -0.25) is 4.84 Å². The van der Waals surface area contributed by atoms with Crippen molar-refractivity contribution in [2.24, 2.45) is 5.92 Å². The molecular weight excluding hydrogens is 202 g/mol. The zero-order chi connectivity index (χ0) is 11.5. The van der Waals surface area contributed by atoms with E-state index in [0.717, 1.165) is 0 Å². The van der Waals surface area contributed by atoms with Crippen molar-refractivity contribution >= 4 is 0 Å². The summed E-state index contributed by atoms with van der Waals surface area (Å²) in [6.07, 6.45) is 4.86. The Labute approximate surface area is 98.0 Å². The summed E-state index contributed by atoms with van der Waals surface area (Å²) in [5, 5.41) is 2.22. The summed E-state index contributed by atoms with van der Waals surface area (Å²) >= 11 is 0. The molecule has 5 atom stereocenters. The van der Waals surface area contributed by atoms with E-state index in [1.807, 2.05) is 0 Å². The van der Waals surface area contributed by atoms with E-state index < -0.39 is 0 Å². The van der Waals surface area contributed by atoms with Crippen LogP contribution < -0.4 is 0 Å². The minimum absolute atomic E-state index is 0.0779. The predicted molar refractivity (Wildman–Crippen MR) is 61.9 cm³/mol. The average molecular weight is 225 g/mol. The second-order valence-electron chi connectivity index (χ2n) is 6.52. The summed E-state index contributed by atoms with van der Waals surface area (Å²) in [5.74, 6) is 0.614. The van der Waals surface area contributed by atoms with Crippen LogP contribution in [-0.2, 0) is 9.57 Å². The van der Waals surface area contributed by atoms with Gasteiger partial charge in [-0.1, -0.05) is 0 Å². The summed E-state index contributed by atoms with van der Waals surface area (Å²) in [7, 11) is 0. The molecule has 0 aromatic heterocycles. The van der Waals surface area contributed by atoms with Gasteiger partial charge >= 0.3 is 0 Å². The molecule has 3 fully saturated rings. The molecule has 2 heterocycles. The Kier molecular flexibility index (Phi) is 2.36.